The number of rotatable bonds is 8. The van der Waals surface area contributed by atoms with E-state index < -0.39 is 0 Å². The molecule has 38 heavy (non-hydrogen) atoms. The van der Waals surface area contributed by atoms with E-state index in [4.69, 9.17) is 27.9 Å². The number of ether oxygens (including phenoxy) is 1. The van der Waals surface area contributed by atoms with E-state index in [-0.39, 0.29) is 24.3 Å². The number of amides is 2. The number of halogens is 2. The van der Waals surface area contributed by atoms with Gasteiger partial charge in [0.1, 0.15) is 0 Å². The van der Waals surface area contributed by atoms with E-state index in [1.54, 1.807) is 17.0 Å². The predicted molar refractivity (Wildman–Crippen MR) is 147 cm³/mol. The minimum atomic E-state index is 0.0121. The summed E-state index contributed by atoms with van der Waals surface area (Å²) < 4.78 is 5.43. The fourth-order valence-electron chi connectivity index (χ4n) is 5.05. The molecule has 0 N–H and O–H groups in total. The molecule has 2 aromatic rings. The fourth-order valence-corrected chi connectivity index (χ4v) is 5.56. The second-order valence-electron chi connectivity index (χ2n) is 10.1. The normalized spacial score (nSPS) is 18.8. The Morgan fingerprint density at radius 3 is 2.37 bits per heavy atom. The molecular formula is C27H34Cl2N6O3. The summed E-state index contributed by atoms with van der Waals surface area (Å²) in [4.78, 5) is 34.4. The van der Waals surface area contributed by atoms with Gasteiger partial charge in [-0.2, -0.15) is 0 Å². The van der Waals surface area contributed by atoms with Crippen LogP contribution < -0.4 is 4.90 Å². The summed E-state index contributed by atoms with van der Waals surface area (Å²) in [6.07, 6.45) is 2.97. The molecule has 204 valence electrons. The van der Waals surface area contributed by atoms with Gasteiger partial charge in [-0.15, -0.1) is 10.2 Å². The molecule has 11 heteroatoms. The van der Waals surface area contributed by atoms with Crippen molar-refractivity contribution < 1.29 is 14.3 Å². The third-order valence-corrected chi connectivity index (χ3v) is 8.24. The van der Waals surface area contributed by atoms with Crippen LogP contribution in [-0.4, -0.2) is 109 Å². The highest BCUT2D eigenvalue weighted by molar-refractivity contribution is 6.36. The van der Waals surface area contributed by atoms with Crippen molar-refractivity contribution in [3.05, 3.63) is 40.4 Å². The van der Waals surface area contributed by atoms with Crippen LogP contribution in [0.5, 0.6) is 0 Å². The largest absolute Gasteiger partial charge is 0.379 e. The summed E-state index contributed by atoms with van der Waals surface area (Å²) in [6.45, 7) is 7.19. The van der Waals surface area contributed by atoms with Crippen LogP contribution >= 0.6 is 23.2 Å². The van der Waals surface area contributed by atoms with Gasteiger partial charge in [-0.05, 0) is 43.2 Å². The van der Waals surface area contributed by atoms with Gasteiger partial charge >= 0.3 is 0 Å². The lowest BCUT2D eigenvalue weighted by atomic mass is 9.84. The first-order chi connectivity index (χ1) is 18.5. The Hall–Kier alpha value is -2.46. The van der Waals surface area contributed by atoms with E-state index >= 15 is 0 Å². The van der Waals surface area contributed by atoms with E-state index in [1.807, 2.05) is 23.1 Å². The van der Waals surface area contributed by atoms with Crippen molar-refractivity contribution in [1.29, 1.82) is 0 Å². The molecule has 2 aliphatic heterocycles. The van der Waals surface area contributed by atoms with Gasteiger partial charge in [-0.3, -0.25) is 14.5 Å². The predicted octanol–water partition coefficient (Wildman–Crippen LogP) is 3.06. The Morgan fingerprint density at radius 1 is 0.974 bits per heavy atom. The molecule has 1 aromatic carbocycles. The molecule has 0 bridgehead atoms. The summed E-state index contributed by atoms with van der Waals surface area (Å²) in [5.74, 6) is 0.984. The van der Waals surface area contributed by atoms with E-state index in [1.165, 1.54) is 0 Å². The van der Waals surface area contributed by atoms with Crippen molar-refractivity contribution in [2.24, 2.45) is 5.92 Å². The molecule has 0 atom stereocenters. The molecule has 3 heterocycles. The molecule has 3 aliphatic rings. The van der Waals surface area contributed by atoms with Crippen LogP contribution in [0.4, 0.5) is 5.82 Å². The quantitative estimate of drug-likeness (QED) is 0.490. The zero-order valence-corrected chi connectivity index (χ0v) is 23.0. The summed E-state index contributed by atoms with van der Waals surface area (Å²) >= 11 is 12.3. The molecule has 9 nitrogen and oxygen atoms in total. The average molecular weight is 562 g/mol. The molecule has 5 rings (SSSR count). The number of hydrogen-bond acceptors (Lipinski definition) is 7. The molecule has 1 saturated carbocycles. The number of aromatic nitrogens is 2. The zero-order chi connectivity index (χ0) is 26.5. The molecule has 2 amide bonds. The third-order valence-electron chi connectivity index (χ3n) is 7.70. The summed E-state index contributed by atoms with van der Waals surface area (Å²) in [6, 6.07) is 9.12. The standard InChI is InChI=1S/C27H34Cl2N6O3/c28-21-4-5-22(23(29)18-21)24-6-7-25(31-30-24)33-10-12-34(13-11-33)26(36)19-35(27(37)20-2-1-3-20)9-8-32-14-16-38-17-15-32/h4-7,18,20H,1-3,8-17,19H2. The monoisotopic (exact) mass is 560 g/mol. The van der Waals surface area contributed by atoms with E-state index in [9.17, 15) is 9.59 Å². The SMILES string of the molecule is O=C(CN(CCN1CCOCC1)C(=O)C1CCC1)N1CCN(c2ccc(-c3ccc(Cl)cc3Cl)nn2)CC1. The Kier molecular flexibility index (Phi) is 8.99. The van der Waals surface area contributed by atoms with Crippen LogP contribution in [0.1, 0.15) is 19.3 Å². The van der Waals surface area contributed by atoms with Gasteiger partial charge in [-0.1, -0.05) is 29.6 Å². The maximum Gasteiger partial charge on any atom is 0.242 e. The van der Waals surface area contributed by atoms with Crippen molar-refractivity contribution in [2.75, 3.05) is 77.0 Å². The van der Waals surface area contributed by atoms with Gasteiger partial charge in [0, 0.05) is 68.9 Å². The van der Waals surface area contributed by atoms with Crippen molar-refractivity contribution in [1.82, 2.24) is 24.9 Å². The highest BCUT2D eigenvalue weighted by Crippen LogP contribution is 2.30. The Balaban J connectivity index is 1.14. The maximum atomic E-state index is 13.2. The molecule has 2 saturated heterocycles. The first-order valence-electron chi connectivity index (χ1n) is 13.4. The van der Waals surface area contributed by atoms with Crippen molar-refractivity contribution in [3.8, 4) is 11.3 Å². The zero-order valence-electron chi connectivity index (χ0n) is 21.5. The first-order valence-corrected chi connectivity index (χ1v) is 14.1. The molecule has 1 aliphatic carbocycles. The minimum absolute atomic E-state index is 0.0121. The van der Waals surface area contributed by atoms with Gasteiger partial charge in [0.15, 0.2) is 5.82 Å². The number of morpholine rings is 1. The smallest absolute Gasteiger partial charge is 0.242 e. The molecule has 0 radical (unpaired) electrons. The third kappa shape index (κ3) is 6.57. The van der Waals surface area contributed by atoms with Gasteiger partial charge < -0.3 is 19.4 Å². The highest BCUT2D eigenvalue weighted by atomic mass is 35.5. The van der Waals surface area contributed by atoms with Crippen LogP contribution in [0.15, 0.2) is 30.3 Å². The number of benzene rings is 1. The lowest BCUT2D eigenvalue weighted by Gasteiger charge is -2.38. The Bertz CT molecular complexity index is 1120. The van der Waals surface area contributed by atoms with Gasteiger partial charge in [0.05, 0.1) is 30.5 Å². The molecule has 3 fully saturated rings. The number of nitrogens with zero attached hydrogens (tertiary/aromatic N) is 6. The van der Waals surface area contributed by atoms with Crippen LogP contribution in [-0.2, 0) is 14.3 Å². The van der Waals surface area contributed by atoms with E-state index in [0.717, 1.165) is 63.5 Å². The number of anilines is 1. The Morgan fingerprint density at radius 2 is 1.74 bits per heavy atom. The van der Waals surface area contributed by atoms with Gasteiger partial charge in [0.2, 0.25) is 11.8 Å². The van der Waals surface area contributed by atoms with Crippen LogP contribution in [0.25, 0.3) is 11.3 Å². The highest BCUT2D eigenvalue weighted by Gasteiger charge is 2.32. The van der Waals surface area contributed by atoms with Crippen molar-refractivity contribution in [3.63, 3.8) is 0 Å². The van der Waals surface area contributed by atoms with Crippen LogP contribution in [0.2, 0.25) is 10.0 Å². The second-order valence-corrected chi connectivity index (χ2v) is 11.0. The summed E-state index contributed by atoms with van der Waals surface area (Å²) in [5.41, 5.74) is 1.46. The molecule has 0 unspecified atom stereocenters. The molecule has 0 spiro atoms. The van der Waals surface area contributed by atoms with Gasteiger partial charge in [0.25, 0.3) is 0 Å². The fraction of sp³-hybridized carbons (Fsp3) is 0.556. The summed E-state index contributed by atoms with van der Waals surface area (Å²) in [5, 5.41) is 9.86. The van der Waals surface area contributed by atoms with E-state index in [2.05, 4.69) is 20.0 Å². The minimum Gasteiger partial charge on any atom is -0.379 e. The van der Waals surface area contributed by atoms with Crippen molar-refractivity contribution in [2.45, 2.75) is 19.3 Å². The average Bonchev–Trinajstić information content (AvgIpc) is 2.91. The number of carbonyl (C=O) groups is 2. The second kappa shape index (κ2) is 12.6. The molecular weight excluding hydrogens is 527 g/mol. The number of hydrogen-bond donors (Lipinski definition) is 0. The number of carbonyl (C=O) groups excluding carboxylic acids is 2. The molecule has 1 aromatic heterocycles. The summed E-state index contributed by atoms with van der Waals surface area (Å²) in [7, 11) is 0. The van der Waals surface area contributed by atoms with Crippen molar-refractivity contribution >= 4 is 40.8 Å². The lowest BCUT2D eigenvalue weighted by molar-refractivity contribution is -0.145. The Labute approximate surface area is 233 Å². The van der Waals surface area contributed by atoms with Crippen LogP contribution in [0.3, 0.4) is 0 Å². The lowest BCUT2D eigenvalue weighted by Crippen LogP contribution is -2.53. The van der Waals surface area contributed by atoms with Crippen LogP contribution in [0, 0.1) is 5.92 Å². The van der Waals surface area contributed by atoms with E-state index in [0.29, 0.717) is 48.5 Å². The topological polar surface area (TPSA) is 82.1 Å². The maximum absolute atomic E-state index is 13.2. The first kappa shape index (κ1) is 27.1. The van der Waals surface area contributed by atoms with Gasteiger partial charge in [-0.25, -0.2) is 0 Å². The number of piperazine rings is 1.